The average molecular weight is 337 g/mol. The number of hydrogen-bond donors (Lipinski definition) is 1. The Kier molecular flexibility index (Phi) is 4.63. The van der Waals surface area contributed by atoms with E-state index in [0.29, 0.717) is 16.1 Å². The van der Waals surface area contributed by atoms with E-state index in [-0.39, 0.29) is 5.78 Å². The van der Waals surface area contributed by atoms with E-state index >= 15 is 0 Å². The van der Waals surface area contributed by atoms with Gasteiger partial charge in [0, 0.05) is 22.5 Å². The van der Waals surface area contributed by atoms with Crippen LogP contribution in [0.5, 0.6) is 0 Å². The third-order valence-corrected chi connectivity index (χ3v) is 4.12. The van der Waals surface area contributed by atoms with Crippen molar-refractivity contribution in [3.8, 4) is 0 Å². The second-order valence-corrected chi connectivity index (χ2v) is 6.06. The van der Waals surface area contributed by atoms with Crippen molar-refractivity contribution in [2.45, 2.75) is 13.8 Å². The van der Waals surface area contributed by atoms with Crippen LogP contribution in [-0.2, 0) is 0 Å². The van der Waals surface area contributed by atoms with Gasteiger partial charge in [-0.05, 0) is 49.7 Å². The Morgan fingerprint density at radius 2 is 1.71 bits per heavy atom. The summed E-state index contributed by atoms with van der Waals surface area (Å²) in [6, 6.07) is 16.7. The number of halogens is 1. The number of hydrogen-bond acceptors (Lipinski definition) is 3. The van der Waals surface area contributed by atoms with Crippen LogP contribution < -0.4 is 5.32 Å². The van der Waals surface area contributed by atoms with Crippen molar-refractivity contribution in [1.82, 2.24) is 4.98 Å². The lowest BCUT2D eigenvalue weighted by atomic mass is 9.99. The highest BCUT2D eigenvalue weighted by Gasteiger charge is 2.15. The smallest absolute Gasteiger partial charge is 0.194 e. The van der Waals surface area contributed by atoms with Gasteiger partial charge in [0.15, 0.2) is 5.78 Å². The van der Waals surface area contributed by atoms with Gasteiger partial charge < -0.3 is 5.32 Å². The molecule has 0 spiro atoms. The van der Waals surface area contributed by atoms with Crippen LogP contribution in [0.1, 0.15) is 27.2 Å². The lowest BCUT2D eigenvalue weighted by molar-refractivity contribution is 0.103. The predicted octanol–water partition coefficient (Wildman–Crippen LogP) is 5.33. The fraction of sp³-hybridized carbons (Fsp3) is 0.100. The first-order chi connectivity index (χ1) is 11.5. The van der Waals surface area contributed by atoms with Crippen molar-refractivity contribution >= 4 is 28.8 Å². The van der Waals surface area contributed by atoms with E-state index in [9.17, 15) is 4.79 Å². The van der Waals surface area contributed by atoms with Crippen LogP contribution in [0.2, 0.25) is 5.02 Å². The van der Waals surface area contributed by atoms with Crippen molar-refractivity contribution in [3.05, 3.63) is 88.2 Å². The molecule has 1 aromatic heterocycles. The van der Waals surface area contributed by atoms with Gasteiger partial charge in [-0.15, -0.1) is 0 Å². The van der Waals surface area contributed by atoms with Gasteiger partial charge in [0.2, 0.25) is 0 Å². The number of carbonyl (C=O) groups is 1. The number of pyridine rings is 1. The second-order valence-electron chi connectivity index (χ2n) is 5.65. The molecule has 0 aliphatic carbocycles. The summed E-state index contributed by atoms with van der Waals surface area (Å²) in [5.74, 6) is -0.0679. The number of nitrogens with zero attached hydrogens (tertiary/aromatic N) is 1. The molecule has 1 heterocycles. The summed E-state index contributed by atoms with van der Waals surface area (Å²) in [4.78, 5) is 16.9. The maximum absolute atomic E-state index is 12.7. The molecule has 3 aromatic rings. The zero-order chi connectivity index (χ0) is 17.1. The number of aromatic nitrogens is 1. The summed E-state index contributed by atoms with van der Waals surface area (Å²) < 4.78 is 0. The molecule has 0 saturated carbocycles. The number of anilines is 2. The molecule has 120 valence electrons. The molecule has 2 aromatic carbocycles. The van der Waals surface area contributed by atoms with Crippen LogP contribution in [0.25, 0.3) is 0 Å². The monoisotopic (exact) mass is 336 g/mol. The van der Waals surface area contributed by atoms with Gasteiger partial charge in [0.25, 0.3) is 0 Å². The van der Waals surface area contributed by atoms with Crippen molar-refractivity contribution in [2.75, 3.05) is 5.32 Å². The van der Waals surface area contributed by atoms with E-state index in [2.05, 4.69) is 10.3 Å². The second kappa shape index (κ2) is 6.85. The molecule has 3 nitrogen and oxygen atoms in total. The van der Waals surface area contributed by atoms with Gasteiger partial charge in [0.05, 0.1) is 16.9 Å². The Hall–Kier alpha value is -2.65. The molecule has 0 saturated heterocycles. The molecule has 0 aliphatic rings. The predicted molar refractivity (Wildman–Crippen MR) is 98.3 cm³/mol. The zero-order valence-electron chi connectivity index (χ0n) is 13.5. The van der Waals surface area contributed by atoms with Gasteiger partial charge in [-0.2, -0.15) is 0 Å². The van der Waals surface area contributed by atoms with Gasteiger partial charge in [-0.1, -0.05) is 35.9 Å². The zero-order valence-corrected chi connectivity index (χ0v) is 14.3. The molecule has 1 N–H and O–H groups in total. The number of ketones is 1. The third-order valence-electron chi connectivity index (χ3n) is 3.80. The number of rotatable bonds is 4. The Morgan fingerprint density at radius 3 is 2.38 bits per heavy atom. The number of benzene rings is 2. The summed E-state index contributed by atoms with van der Waals surface area (Å²) in [6.07, 6.45) is 1.76. The lowest BCUT2D eigenvalue weighted by Crippen LogP contribution is -2.04. The molecule has 0 unspecified atom stereocenters. The molecule has 0 radical (unpaired) electrons. The standard InChI is InChI=1S/C20H17ClN2O/c1-13-5-3-4-6-17(13)20(24)18-10-9-15(11-19(18)21)23-16-8-7-14(2)22-12-16/h3-12,23H,1-2H3. The summed E-state index contributed by atoms with van der Waals surface area (Å²) in [6.45, 7) is 3.86. The lowest BCUT2D eigenvalue weighted by Gasteiger charge is -2.10. The Balaban J connectivity index is 1.86. The van der Waals surface area contributed by atoms with Gasteiger partial charge in [0.1, 0.15) is 0 Å². The van der Waals surface area contributed by atoms with Gasteiger partial charge in [-0.3, -0.25) is 9.78 Å². The van der Waals surface area contributed by atoms with Crippen molar-refractivity contribution in [2.24, 2.45) is 0 Å². The highest BCUT2D eigenvalue weighted by atomic mass is 35.5. The van der Waals surface area contributed by atoms with Crippen LogP contribution in [-0.4, -0.2) is 10.8 Å². The first-order valence-electron chi connectivity index (χ1n) is 7.64. The number of nitrogens with one attached hydrogen (secondary N) is 1. The normalized spacial score (nSPS) is 10.5. The van der Waals surface area contributed by atoms with Crippen LogP contribution in [0.4, 0.5) is 11.4 Å². The quantitative estimate of drug-likeness (QED) is 0.655. The first-order valence-corrected chi connectivity index (χ1v) is 8.02. The molecule has 0 fully saturated rings. The number of aryl methyl sites for hydroxylation is 2. The van der Waals surface area contributed by atoms with E-state index in [1.165, 1.54) is 0 Å². The topological polar surface area (TPSA) is 42.0 Å². The van der Waals surface area contributed by atoms with Crippen molar-refractivity contribution in [1.29, 1.82) is 0 Å². The first kappa shape index (κ1) is 16.2. The Morgan fingerprint density at radius 1 is 0.958 bits per heavy atom. The number of carbonyl (C=O) groups excluding carboxylic acids is 1. The molecule has 0 aliphatic heterocycles. The van der Waals surface area contributed by atoms with Crippen molar-refractivity contribution < 1.29 is 4.79 Å². The molecule has 4 heteroatoms. The summed E-state index contributed by atoms with van der Waals surface area (Å²) in [5, 5.41) is 3.66. The molecular weight excluding hydrogens is 320 g/mol. The molecular formula is C20H17ClN2O. The van der Waals surface area contributed by atoms with Crippen LogP contribution in [0.15, 0.2) is 60.8 Å². The summed E-state index contributed by atoms with van der Waals surface area (Å²) in [5.41, 5.74) is 4.74. The molecule has 3 rings (SSSR count). The average Bonchev–Trinajstić information content (AvgIpc) is 2.57. The van der Waals surface area contributed by atoms with E-state index in [1.807, 2.05) is 56.3 Å². The van der Waals surface area contributed by atoms with E-state index in [4.69, 9.17) is 11.6 Å². The minimum absolute atomic E-state index is 0.0679. The minimum Gasteiger partial charge on any atom is -0.354 e. The van der Waals surface area contributed by atoms with Crippen LogP contribution in [0.3, 0.4) is 0 Å². The molecule has 24 heavy (non-hydrogen) atoms. The van der Waals surface area contributed by atoms with Crippen LogP contribution >= 0.6 is 11.6 Å². The SMILES string of the molecule is Cc1ccc(Nc2ccc(C(=O)c3ccccc3C)c(Cl)c2)cn1. The maximum Gasteiger partial charge on any atom is 0.194 e. The highest BCUT2D eigenvalue weighted by molar-refractivity contribution is 6.35. The van der Waals surface area contributed by atoms with Gasteiger partial charge in [-0.25, -0.2) is 0 Å². The van der Waals surface area contributed by atoms with E-state index in [1.54, 1.807) is 18.3 Å². The van der Waals surface area contributed by atoms with E-state index < -0.39 is 0 Å². The third kappa shape index (κ3) is 3.47. The van der Waals surface area contributed by atoms with Gasteiger partial charge >= 0.3 is 0 Å². The Bertz CT molecular complexity index is 888. The molecule has 0 amide bonds. The minimum atomic E-state index is -0.0679. The highest BCUT2D eigenvalue weighted by Crippen LogP contribution is 2.26. The molecule has 0 bridgehead atoms. The maximum atomic E-state index is 12.7. The van der Waals surface area contributed by atoms with E-state index in [0.717, 1.165) is 22.6 Å². The molecule has 0 atom stereocenters. The summed E-state index contributed by atoms with van der Waals surface area (Å²) >= 11 is 6.34. The van der Waals surface area contributed by atoms with Crippen LogP contribution in [0, 0.1) is 13.8 Å². The summed E-state index contributed by atoms with van der Waals surface area (Å²) in [7, 11) is 0. The fourth-order valence-electron chi connectivity index (χ4n) is 2.46. The van der Waals surface area contributed by atoms with Crippen molar-refractivity contribution in [3.63, 3.8) is 0 Å². The Labute approximate surface area is 146 Å². The fourth-order valence-corrected chi connectivity index (χ4v) is 2.72. The largest absolute Gasteiger partial charge is 0.354 e.